The van der Waals surface area contributed by atoms with Gasteiger partial charge in [0.05, 0.1) is 6.42 Å². The van der Waals surface area contributed by atoms with Crippen LogP contribution < -0.4 is 5.32 Å². The van der Waals surface area contributed by atoms with Crippen LogP contribution in [0, 0.1) is 12.7 Å². The molecule has 0 aliphatic carbocycles. The van der Waals surface area contributed by atoms with Crippen LogP contribution in [-0.2, 0) is 4.79 Å². The maximum atomic E-state index is 13.4. The van der Waals surface area contributed by atoms with Gasteiger partial charge in [0.1, 0.15) is 5.82 Å². The van der Waals surface area contributed by atoms with Gasteiger partial charge >= 0.3 is 5.97 Å². The second kappa shape index (κ2) is 4.89. The maximum Gasteiger partial charge on any atom is 0.305 e. The van der Waals surface area contributed by atoms with Gasteiger partial charge in [-0.3, -0.25) is 4.79 Å². The van der Waals surface area contributed by atoms with E-state index in [9.17, 15) is 9.18 Å². The topological polar surface area (TPSA) is 49.3 Å². The Hall–Kier alpha value is -1.42. The molecule has 4 heteroatoms. The van der Waals surface area contributed by atoms with Crippen molar-refractivity contribution in [1.29, 1.82) is 0 Å². The van der Waals surface area contributed by atoms with Gasteiger partial charge in [-0.15, -0.1) is 0 Å². The van der Waals surface area contributed by atoms with Gasteiger partial charge in [0, 0.05) is 11.6 Å². The molecule has 15 heavy (non-hydrogen) atoms. The summed E-state index contributed by atoms with van der Waals surface area (Å²) in [5, 5.41) is 11.5. The van der Waals surface area contributed by atoms with Gasteiger partial charge in [0.2, 0.25) is 0 Å². The second-order valence-corrected chi connectivity index (χ2v) is 3.46. The monoisotopic (exact) mass is 211 g/mol. The number of aryl methyl sites for hydroxylation is 1. The average molecular weight is 211 g/mol. The SMILES string of the molecule is CNC(CC(=O)O)c1cc(C)ccc1F. The van der Waals surface area contributed by atoms with Crippen molar-refractivity contribution < 1.29 is 14.3 Å². The summed E-state index contributed by atoms with van der Waals surface area (Å²) < 4.78 is 13.4. The summed E-state index contributed by atoms with van der Waals surface area (Å²) in [5.74, 6) is -1.32. The molecule has 1 aromatic rings. The van der Waals surface area contributed by atoms with Gasteiger partial charge < -0.3 is 10.4 Å². The number of carbonyl (C=O) groups is 1. The lowest BCUT2D eigenvalue weighted by Crippen LogP contribution is -2.21. The summed E-state index contributed by atoms with van der Waals surface area (Å²) in [6.45, 7) is 1.84. The minimum Gasteiger partial charge on any atom is -0.481 e. The lowest BCUT2D eigenvalue weighted by Gasteiger charge is -2.15. The highest BCUT2D eigenvalue weighted by Gasteiger charge is 2.17. The van der Waals surface area contributed by atoms with Crippen LogP contribution in [0.3, 0.4) is 0 Å². The van der Waals surface area contributed by atoms with E-state index < -0.39 is 12.0 Å². The molecule has 1 atom stereocenters. The number of nitrogens with one attached hydrogen (secondary N) is 1. The van der Waals surface area contributed by atoms with E-state index in [2.05, 4.69) is 5.32 Å². The fourth-order valence-corrected chi connectivity index (χ4v) is 1.47. The van der Waals surface area contributed by atoms with E-state index in [0.717, 1.165) is 5.56 Å². The fourth-order valence-electron chi connectivity index (χ4n) is 1.47. The fraction of sp³-hybridized carbons (Fsp3) is 0.364. The van der Waals surface area contributed by atoms with Gasteiger partial charge in [0.25, 0.3) is 0 Å². The molecule has 0 saturated heterocycles. The Kier molecular flexibility index (Phi) is 3.80. The number of benzene rings is 1. The molecule has 1 unspecified atom stereocenters. The van der Waals surface area contributed by atoms with Crippen molar-refractivity contribution in [3.63, 3.8) is 0 Å². The Balaban J connectivity index is 3.00. The van der Waals surface area contributed by atoms with Crippen LogP contribution in [0.15, 0.2) is 18.2 Å². The Morgan fingerprint density at radius 2 is 2.27 bits per heavy atom. The van der Waals surface area contributed by atoms with Crippen LogP contribution in [0.25, 0.3) is 0 Å². The molecule has 2 N–H and O–H groups in total. The number of hydrogen-bond donors (Lipinski definition) is 2. The van der Waals surface area contributed by atoms with Gasteiger partial charge in [-0.1, -0.05) is 17.7 Å². The van der Waals surface area contributed by atoms with Crippen molar-refractivity contribution in [1.82, 2.24) is 5.32 Å². The third kappa shape index (κ3) is 3.02. The predicted octanol–water partition coefficient (Wildman–Crippen LogP) is 1.87. The molecule has 0 saturated carbocycles. The second-order valence-electron chi connectivity index (χ2n) is 3.46. The van der Waals surface area contributed by atoms with Crippen LogP contribution >= 0.6 is 0 Å². The van der Waals surface area contributed by atoms with E-state index >= 15 is 0 Å². The zero-order valence-corrected chi connectivity index (χ0v) is 8.75. The third-order valence-corrected chi connectivity index (χ3v) is 2.25. The molecule has 1 rings (SSSR count). The lowest BCUT2D eigenvalue weighted by molar-refractivity contribution is -0.137. The smallest absolute Gasteiger partial charge is 0.305 e. The van der Waals surface area contributed by atoms with Crippen LogP contribution in [0.1, 0.15) is 23.6 Å². The van der Waals surface area contributed by atoms with Crippen molar-refractivity contribution in [3.8, 4) is 0 Å². The molecular formula is C11H14FNO2. The molecule has 0 aliphatic rings. The summed E-state index contributed by atoms with van der Waals surface area (Å²) in [4.78, 5) is 10.6. The summed E-state index contributed by atoms with van der Waals surface area (Å²) >= 11 is 0. The molecule has 0 aliphatic heterocycles. The molecule has 0 fully saturated rings. The highest BCUT2D eigenvalue weighted by molar-refractivity contribution is 5.68. The van der Waals surface area contributed by atoms with Crippen molar-refractivity contribution in [3.05, 3.63) is 35.1 Å². The molecule has 0 spiro atoms. The van der Waals surface area contributed by atoms with Gasteiger partial charge in [0.15, 0.2) is 0 Å². The number of hydrogen-bond acceptors (Lipinski definition) is 2. The summed E-state index contributed by atoms with van der Waals surface area (Å²) in [6.07, 6.45) is -0.128. The van der Waals surface area contributed by atoms with Crippen molar-refractivity contribution >= 4 is 5.97 Å². The molecule has 0 heterocycles. The number of rotatable bonds is 4. The summed E-state index contributed by atoms with van der Waals surface area (Å²) in [6, 6.07) is 4.20. The minimum absolute atomic E-state index is 0.128. The van der Waals surface area contributed by atoms with Crippen molar-refractivity contribution in [2.75, 3.05) is 7.05 Å². The molecule has 0 radical (unpaired) electrons. The number of carboxylic acids is 1. The van der Waals surface area contributed by atoms with Gasteiger partial charge in [-0.05, 0) is 20.0 Å². The molecule has 82 valence electrons. The quantitative estimate of drug-likeness (QED) is 0.799. The van der Waals surface area contributed by atoms with Gasteiger partial charge in [-0.2, -0.15) is 0 Å². The van der Waals surface area contributed by atoms with E-state index in [1.165, 1.54) is 6.07 Å². The van der Waals surface area contributed by atoms with Gasteiger partial charge in [-0.25, -0.2) is 4.39 Å². The molecule has 3 nitrogen and oxygen atoms in total. The van der Waals surface area contributed by atoms with Crippen molar-refractivity contribution in [2.45, 2.75) is 19.4 Å². The van der Waals surface area contributed by atoms with Crippen LogP contribution in [-0.4, -0.2) is 18.1 Å². The Labute approximate surface area is 87.9 Å². The highest BCUT2D eigenvalue weighted by Crippen LogP contribution is 2.21. The molecule has 0 amide bonds. The maximum absolute atomic E-state index is 13.4. The van der Waals surface area contributed by atoms with Crippen LogP contribution in [0.5, 0.6) is 0 Å². The highest BCUT2D eigenvalue weighted by atomic mass is 19.1. The number of halogens is 1. The first-order chi connectivity index (χ1) is 7.04. The summed E-state index contributed by atoms with van der Waals surface area (Å²) in [7, 11) is 1.62. The van der Waals surface area contributed by atoms with E-state index in [1.807, 2.05) is 6.92 Å². The predicted molar refractivity (Wildman–Crippen MR) is 55.2 cm³/mol. The standard InChI is InChI=1S/C11H14FNO2/c1-7-3-4-9(12)8(5-7)10(13-2)6-11(14)15/h3-5,10,13H,6H2,1-2H3,(H,14,15). The van der Waals surface area contributed by atoms with E-state index in [0.29, 0.717) is 5.56 Å². The number of aliphatic carboxylic acids is 1. The van der Waals surface area contributed by atoms with E-state index in [-0.39, 0.29) is 12.2 Å². The zero-order chi connectivity index (χ0) is 11.4. The first kappa shape index (κ1) is 11.7. The molecule has 0 bridgehead atoms. The van der Waals surface area contributed by atoms with Crippen molar-refractivity contribution in [2.24, 2.45) is 0 Å². The van der Waals surface area contributed by atoms with Crippen LogP contribution in [0.4, 0.5) is 4.39 Å². The van der Waals surface area contributed by atoms with E-state index in [1.54, 1.807) is 19.2 Å². The normalized spacial score (nSPS) is 12.5. The molecule has 1 aromatic carbocycles. The average Bonchev–Trinajstić information content (AvgIpc) is 2.18. The van der Waals surface area contributed by atoms with E-state index in [4.69, 9.17) is 5.11 Å². The zero-order valence-electron chi connectivity index (χ0n) is 8.75. The first-order valence-electron chi connectivity index (χ1n) is 4.69. The lowest BCUT2D eigenvalue weighted by atomic mass is 10.0. The van der Waals surface area contributed by atoms with Crippen LogP contribution in [0.2, 0.25) is 0 Å². The first-order valence-corrected chi connectivity index (χ1v) is 4.69. The third-order valence-electron chi connectivity index (χ3n) is 2.25. The Morgan fingerprint density at radius 1 is 1.60 bits per heavy atom. The Bertz CT molecular complexity index is 366. The largest absolute Gasteiger partial charge is 0.481 e. The minimum atomic E-state index is -0.949. The molecular weight excluding hydrogens is 197 g/mol. The molecule has 0 aromatic heterocycles. The summed E-state index contributed by atoms with van der Waals surface area (Å²) in [5.41, 5.74) is 1.32. The Morgan fingerprint density at radius 3 is 2.80 bits per heavy atom. The number of carboxylic acid groups (broad SMARTS) is 1.